The van der Waals surface area contributed by atoms with E-state index in [1.54, 1.807) is 14.2 Å². The molecule has 1 fully saturated rings. The highest BCUT2D eigenvalue weighted by molar-refractivity contribution is 7.99. The van der Waals surface area contributed by atoms with E-state index in [1.165, 1.54) is 0 Å². The molecule has 23 heavy (non-hydrogen) atoms. The molecule has 1 aliphatic heterocycles. The van der Waals surface area contributed by atoms with Crippen molar-refractivity contribution in [2.24, 2.45) is 0 Å². The van der Waals surface area contributed by atoms with Gasteiger partial charge in [-0.05, 0) is 31.0 Å². The number of amides is 1. The van der Waals surface area contributed by atoms with Crippen LogP contribution in [0.5, 0.6) is 11.5 Å². The number of nitrogens with one attached hydrogen (secondary N) is 2. The molecule has 1 heterocycles. The lowest BCUT2D eigenvalue weighted by Gasteiger charge is -2.23. The third-order valence-electron chi connectivity index (χ3n) is 3.83. The van der Waals surface area contributed by atoms with Gasteiger partial charge in [0.1, 0.15) is 0 Å². The van der Waals surface area contributed by atoms with Gasteiger partial charge < -0.3 is 20.1 Å². The van der Waals surface area contributed by atoms with Gasteiger partial charge in [-0.2, -0.15) is 11.8 Å². The average Bonchev–Trinajstić information content (AvgIpc) is 2.55. The second kappa shape index (κ2) is 9.03. The lowest BCUT2D eigenvalue weighted by Crippen LogP contribution is -2.43. The van der Waals surface area contributed by atoms with E-state index < -0.39 is 0 Å². The summed E-state index contributed by atoms with van der Waals surface area (Å²) in [6, 6.07) is 6.23. The summed E-state index contributed by atoms with van der Waals surface area (Å²) in [4.78, 5) is 12.1. The minimum Gasteiger partial charge on any atom is -0.493 e. The fourth-order valence-corrected chi connectivity index (χ4v) is 3.67. The van der Waals surface area contributed by atoms with Crippen molar-refractivity contribution in [2.45, 2.75) is 31.8 Å². The zero-order chi connectivity index (χ0) is 16.7. The van der Waals surface area contributed by atoms with E-state index in [0.717, 1.165) is 30.0 Å². The molecule has 1 saturated heterocycles. The molecule has 0 radical (unpaired) electrons. The molecule has 1 aromatic carbocycles. The predicted octanol–water partition coefficient (Wildman–Crippen LogP) is 1.85. The van der Waals surface area contributed by atoms with Gasteiger partial charge in [-0.15, -0.1) is 0 Å². The van der Waals surface area contributed by atoms with Crippen LogP contribution in [-0.2, 0) is 11.2 Å². The molecule has 2 rings (SSSR count). The molecule has 2 N–H and O–H groups in total. The van der Waals surface area contributed by atoms with Crippen LogP contribution in [0.2, 0.25) is 0 Å². The fourth-order valence-electron chi connectivity index (χ4n) is 2.72. The minimum atomic E-state index is 0.0804. The molecular formula is C17H26N2O3S. The number of carbonyl (C=O) groups is 1. The summed E-state index contributed by atoms with van der Waals surface area (Å²) >= 11 is 1.91. The summed E-state index contributed by atoms with van der Waals surface area (Å²) in [5.41, 5.74) is 1.11. The van der Waals surface area contributed by atoms with Gasteiger partial charge in [0, 0.05) is 36.6 Å². The van der Waals surface area contributed by atoms with Crippen LogP contribution in [0.4, 0.5) is 0 Å². The Morgan fingerprint density at radius 2 is 2.17 bits per heavy atom. The second-order valence-electron chi connectivity index (χ2n) is 5.79. The number of hydrogen-bond acceptors (Lipinski definition) is 5. The van der Waals surface area contributed by atoms with Crippen LogP contribution in [0.3, 0.4) is 0 Å². The van der Waals surface area contributed by atoms with Crippen molar-refractivity contribution in [2.75, 3.05) is 32.3 Å². The van der Waals surface area contributed by atoms with Crippen molar-refractivity contribution in [3.63, 3.8) is 0 Å². The van der Waals surface area contributed by atoms with Crippen molar-refractivity contribution in [3.8, 4) is 11.5 Å². The molecule has 6 heteroatoms. The van der Waals surface area contributed by atoms with E-state index in [0.29, 0.717) is 24.0 Å². The summed E-state index contributed by atoms with van der Waals surface area (Å²) in [5.74, 6) is 3.68. The molecule has 0 aromatic heterocycles. The van der Waals surface area contributed by atoms with Crippen LogP contribution in [0.25, 0.3) is 0 Å². The average molecular weight is 338 g/mol. The van der Waals surface area contributed by atoms with Gasteiger partial charge in [0.05, 0.1) is 14.2 Å². The van der Waals surface area contributed by atoms with E-state index >= 15 is 0 Å². The smallest absolute Gasteiger partial charge is 0.221 e. The Morgan fingerprint density at radius 1 is 1.39 bits per heavy atom. The Bertz CT molecular complexity index is 519. The Balaban J connectivity index is 1.83. The van der Waals surface area contributed by atoms with E-state index in [9.17, 15) is 4.79 Å². The van der Waals surface area contributed by atoms with Crippen molar-refractivity contribution in [3.05, 3.63) is 23.8 Å². The summed E-state index contributed by atoms with van der Waals surface area (Å²) in [6.45, 7) is 3.02. The Hall–Kier alpha value is -1.40. The van der Waals surface area contributed by atoms with E-state index in [-0.39, 0.29) is 11.9 Å². The zero-order valence-electron chi connectivity index (χ0n) is 14.1. The van der Waals surface area contributed by atoms with Crippen LogP contribution in [0.15, 0.2) is 18.2 Å². The molecule has 1 aromatic rings. The molecule has 0 saturated carbocycles. The monoisotopic (exact) mass is 338 g/mol. The lowest BCUT2D eigenvalue weighted by molar-refractivity contribution is -0.122. The molecule has 128 valence electrons. The quantitative estimate of drug-likeness (QED) is 0.794. The summed E-state index contributed by atoms with van der Waals surface area (Å²) in [7, 11) is 3.25. The first kappa shape index (κ1) is 17.9. The highest BCUT2D eigenvalue weighted by Gasteiger charge is 2.18. The summed E-state index contributed by atoms with van der Waals surface area (Å²) < 4.78 is 10.6. The predicted molar refractivity (Wildman–Crippen MR) is 94.6 cm³/mol. The first-order valence-electron chi connectivity index (χ1n) is 7.93. The molecule has 2 atom stereocenters. The summed E-state index contributed by atoms with van der Waals surface area (Å²) in [5, 5.41) is 6.47. The fraction of sp³-hybridized carbons (Fsp3) is 0.588. The standard InChI is InChI=1S/C17H26N2O3S/c1-12(19-17(20)10-14-11-23-7-6-18-14)8-13-4-5-15(21-2)16(9-13)22-3/h4-5,9,12,14,18H,6-8,10-11H2,1-3H3,(H,19,20). The zero-order valence-corrected chi connectivity index (χ0v) is 14.9. The highest BCUT2D eigenvalue weighted by atomic mass is 32.2. The van der Waals surface area contributed by atoms with E-state index in [1.807, 2.05) is 36.9 Å². The van der Waals surface area contributed by atoms with Crippen molar-refractivity contribution in [1.29, 1.82) is 0 Å². The number of ether oxygens (including phenoxy) is 2. The Kier molecular flexibility index (Phi) is 7.05. The maximum absolute atomic E-state index is 12.1. The minimum absolute atomic E-state index is 0.0804. The number of thioether (sulfide) groups is 1. The van der Waals surface area contributed by atoms with E-state index in [4.69, 9.17) is 9.47 Å². The van der Waals surface area contributed by atoms with Gasteiger partial charge in [0.25, 0.3) is 0 Å². The van der Waals surface area contributed by atoms with Gasteiger partial charge >= 0.3 is 0 Å². The normalized spacial score (nSPS) is 19.0. The van der Waals surface area contributed by atoms with Gasteiger partial charge in [-0.1, -0.05) is 6.07 Å². The third kappa shape index (κ3) is 5.62. The van der Waals surface area contributed by atoms with Gasteiger partial charge in [0.15, 0.2) is 11.5 Å². The number of methoxy groups -OCH3 is 2. The molecule has 0 aliphatic carbocycles. The van der Waals surface area contributed by atoms with Crippen LogP contribution >= 0.6 is 11.8 Å². The highest BCUT2D eigenvalue weighted by Crippen LogP contribution is 2.27. The first-order valence-corrected chi connectivity index (χ1v) is 9.09. The van der Waals surface area contributed by atoms with Crippen molar-refractivity contribution >= 4 is 17.7 Å². The molecule has 5 nitrogen and oxygen atoms in total. The van der Waals surface area contributed by atoms with Crippen LogP contribution < -0.4 is 20.1 Å². The van der Waals surface area contributed by atoms with Gasteiger partial charge in [0.2, 0.25) is 5.91 Å². The second-order valence-corrected chi connectivity index (χ2v) is 6.94. The number of rotatable bonds is 7. The maximum Gasteiger partial charge on any atom is 0.221 e. The third-order valence-corrected chi connectivity index (χ3v) is 4.96. The number of carbonyl (C=O) groups excluding carboxylic acids is 1. The van der Waals surface area contributed by atoms with Gasteiger partial charge in [-0.25, -0.2) is 0 Å². The number of hydrogen-bond donors (Lipinski definition) is 2. The Morgan fingerprint density at radius 3 is 2.83 bits per heavy atom. The van der Waals surface area contributed by atoms with Crippen LogP contribution in [0.1, 0.15) is 18.9 Å². The molecule has 2 unspecified atom stereocenters. The van der Waals surface area contributed by atoms with Crippen LogP contribution in [-0.4, -0.2) is 50.3 Å². The Labute approximate surface area is 142 Å². The topological polar surface area (TPSA) is 59.6 Å². The lowest BCUT2D eigenvalue weighted by atomic mass is 10.1. The molecular weight excluding hydrogens is 312 g/mol. The largest absolute Gasteiger partial charge is 0.493 e. The molecule has 1 aliphatic rings. The molecule has 1 amide bonds. The molecule has 0 bridgehead atoms. The molecule has 0 spiro atoms. The van der Waals surface area contributed by atoms with E-state index in [2.05, 4.69) is 10.6 Å². The van der Waals surface area contributed by atoms with Crippen molar-refractivity contribution in [1.82, 2.24) is 10.6 Å². The van der Waals surface area contributed by atoms with Gasteiger partial charge in [-0.3, -0.25) is 4.79 Å². The first-order chi connectivity index (χ1) is 11.1. The van der Waals surface area contributed by atoms with Crippen LogP contribution in [0, 0.1) is 0 Å². The maximum atomic E-state index is 12.1. The summed E-state index contributed by atoms with van der Waals surface area (Å²) in [6.07, 6.45) is 1.31. The van der Waals surface area contributed by atoms with Crippen molar-refractivity contribution < 1.29 is 14.3 Å². The number of benzene rings is 1. The SMILES string of the molecule is COc1ccc(CC(C)NC(=O)CC2CSCCN2)cc1OC.